The molecule has 2 aliphatic rings. The van der Waals surface area contributed by atoms with Gasteiger partial charge in [-0.05, 0) is 26.2 Å². The fraction of sp³-hybridized carbons (Fsp3) is 0.480. The average molecular weight is 431 g/mol. The van der Waals surface area contributed by atoms with Gasteiger partial charge in [-0.25, -0.2) is 0 Å². The van der Waals surface area contributed by atoms with E-state index in [0.717, 1.165) is 17.1 Å². The summed E-state index contributed by atoms with van der Waals surface area (Å²) in [7, 11) is 10.5. The normalized spacial score (nSPS) is 16.6. The van der Waals surface area contributed by atoms with Gasteiger partial charge in [-0.1, -0.05) is 54.9 Å². The van der Waals surface area contributed by atoms with Crippen molar-refractivity contribution in [2.75, 3.05) is 42.3 Å². The van der Waals surface area contributed by atoms with Gasteiger partial charge in [0, 0.05) is 0 Å². The summed E-state index contributed by atoms with van der Waals surface area (Å²) in [6.45, 7) is 11.2. The number of hydrogen-bond donors (Lipinski definition) is 0. The van der Waals surface area contributed by atoms with Crippen molar-refractivity contribution in [1.29, 1.82) is 0 Å². The zero-order valence-electron chi connectivity index (χ0n) is 19.9. The largest absolute Gasteiger partial charge is 4.00 e. The Labute approximate surface area is 196 Å². The zero-order valence-corrected chi connectivity index (χ0v) is 21.4. The van der Waals surface area contributed by atoms with Crippen molar-refractivity contribution in [1.82, 2.24) is 0 Å². The van der Waals surface area contributed by atoms with Gasteiger partial charge in [0.1, 0.15) is 0 Å². The van der Waals surface area contributed by atoms with Crippen molar-refractivity contribution in [3.8, 4) is 0 Å². The molecule has 0 spiro atoms. The third-order valence-corrected chi connectivity index (χ3v) is 3.95. The van der Waals surface area contributed by atoms with Gasteiger partial charge in [-0.15, -0.1) is 17.7 Å². The second kappa shape index (κ2) is 21.6. The third kappa shape index (κ3) is 15.4. The van der Waals surface area contributed by atoms with Crippen molar-refractivity contribution in [2.45, 2.75) is 32.6 Å². The molecular formula is C25H41N3Ti. The van der Waals surface area contributed by atoms with Crippen LogP contribution in [0.15, 0.2) is 60.7 Å². The Balaban J connectivity index is -0.000000360. The molecule has 1 aromatic carbocycles. The molecule has 0 heterocycles. The predicted octanol–water partition coefficient (Wildman–Crippen LogP) is 7.30. The maximum Gasteiger partial charge on any atom is 4.00 e. The fourth-order valence-corrected chi connectivity index (χ4v) is 2.57. The minimum Gasteiger partial charge on any atom is -0.668 e. The molecule has 160 valence electrons. The van der Waals surface area contributed by atoms with Crippen LogP contribution in [0.2, 0.25) is 0 Å². The third-order valence-electron chi connectivity index (χ3n) is 3.95. The summed E-state index contributed by atoms with van der Waals surface area (Å²) in [5.74, 6) is 1.47. The molecule has 3 rings (SSSR count). The van der Waals surface area contributed by atoms with Crippen molar-refractivity contribution in [3.05, 3.63) is 94.2 Å². The molecule has 0 saturated heterocycles. The summed E-state index contributed by atoms with van der Waals surface area (Å²) in [6.07, 6.45) is 9.75. The van der Waals surface area contributed by atoms with E-state index in [1.165, 1.54) is 24.0 Å². The molecule has 0 fully saturated rings. The molecule has 29 heavy (non-hydrogen) atoms. The Morgan fingerprint density at radius 3 is 1.79 bits per heavy atom. The first kappa shape index (κ1) is 32.6. The molecule has 0 aliphatic heterocycles. The van der Waals surface area contributed by atoms with Crippen molar-refractivity contribution in [2.24, 2.45) is 5.92 Å². The topological polar surface area (TPSA) is 42.3 Å². The maximum absolute atomic E-state index is 3.66. The summed E-state index contributed by atoms with van der Waals surface area (Å²) in [4.78, 5) is 0. The summed E-state index contributed by atoms with van der Waals surface area (Å²) >= 11 is 0. The number of rotatable bonds is 1. The monoisotopic (exact) mass is 431 g/mol. The Bertz CT molecular complexity index is 550. The molecule has 0 radical (unpaired) electrons. The molecule has 4 heteroatoms. The molecule has 0 aromatic heterocycles. The van der Waals surface area contributed by atoms with Crippen molar-refractivity contribution in [3.63, 3.8) is 0 Å². The van der Waals surface area contributed by atoms with Crippen LogP contribution in [0.1, 0.15) is 43.7 Å². The van der Waals surface area contributed by atoms with Crippen LogP contribution in [0, 0.1) is 12.3 Å². The van der Waals surface area contributed by atoms with Crippen molar-refractivity contribution >= 4 is 0 Å². The second-order valence-corrected chi connectivity index (χ2v) is 6.89. The van der Waals surface area contributed by atoms with Gasteiger partial charge >= 0.3 is 21.7 Å². The van der Waals surface area contributed by atoms with Crippen LogP contribution in [0.5, 0.6) is 0 Å². The fourth-order valence-electron chi connectivity index (χ4n) is 2.57. The first-order valence-corrected chi connectivity index (χ1v) is 9.69. The van der Waals surface area contributed by atoms with E-state index < -0.39 is 0 Å². The minimum atomic E-state index is 0. The summed E-state index contributed by atoms with van der Waals surface area (Å²) in [5.41, 5.74) is 5.12. The van der Waals surface area contributed by atoms with E-state index in [1.807, 2.05) is 13.8 Å². The average Bonchev–Trinajstić information content (AvgIpc) is 3.03. The Hall–Kier alpha value is -1.10. The molecule has 2 atom stereocenters. The number of fused-ring (bicyclic) bond motifs is 3. The van der Waals surface area contributed by atoms with Gasteiger partial charge < -0.3 is 16.0 Å². The zero-order chi connectivity index (χ0) is 21.9. The van der Waals surface area contributed by atoms with Gasteiger partial charge in [0.2, 0.25) is 0 Å². The van der Waals surface area contributed by atoms with E-state index in [9.17, 15) is 0 Å². The van der Waals surface area contributed by atoms with E-state index in [-0.39, 0.29) is 21.7 Å². The molecular weight excluding hydrogens is 390 g/mol. The van der Waals surface area contributed by atoms with Crippen LogP contribution < -0.4 is 0 Å². The van der Waals surface area contributed by atoms with Crippen LogP contribution in [-0.4, -0.2) is 42.3 Å². The van der Waals surface area contributed by atoms with Crippen LogP contribution in [-0.2, 0) is 21.7 Å². The van der Waals surface area contributed by atoms with Crippen molar-refractivity contribution < 1.29 is 21.7 Å². The Morgan fingerprint density at radius 2 is 1.34 bits per heavy atom. The van der Waals surface area contributed by atoms with Gasteiger partial charge in [0.15, 0.2) is 0 Å². The SMILES string of the molecule is C1=CC2c3ccccc3[CH-]C2CC1.C=C(C)C(=C)C.C[N-]C.C[N-]C.C[N-]C.[Ti+4]. The summed E-state index contributed by atoms with van der Waals surface area (Å²) in [5, 5.41) is 10.5. The van der Waals surface area contributed by atoms with Gasteiger partial charge in [0.25, 0.3) is 0 Å². The standard InChI is InChI=1S/C13H13.C6H10.3C2H6N.Ti/c1-3-7-12-10(5-1)9-11-6-2-4-8-13(11)12;1-5(2)6(3)4;3*1-3-2;/h1,3-5,7-9,11,13H,2,6H2;1,3H2,2,4H3;3*1-2H3;/q-1;;3*-1;+4. The van der Waals surface area contributed by atoms with Crippen LogP contribution >= 0.6 is 0 Å². The smallest absolute Gasteiger partial charge is 0.668 e. The number of allylic oxidation sites excluding steroid dienone is 4. The van der Waals surface area contributed by atoms with Crippen LogP contribution in [0.4, 0.5) is 0 Å². The number of benzene rings is 1. The molecule has 2 unspecified atom stereocenters. The van der Waals surface area contributed by atoms with E-state index in [4.69, 9.17) is 0 Å². The maximum atomic E-state index is 3.66. The van der Waals surface area contributed by atoms with Gasteiger partial charge in [-0.3, -0.25) is 0 Å². The molecule has 3 nitrogen and oxygen atoms in total. The Kier molecular flexibility index (Phi) is 24.3. The molecule has 1 aromatic rings. The van der Waals surface area contributed by atoms with E-state index >= 15 is 0 Å². The molecule has 0 amide bonds. The van der Waals surface area contributed by atoms with Gasteiger partial charge in [-0.2, -0.15) is 60.3 Å². The quantitative estimate of drug-likeness (QED) is 0.194. The molecule has 0 N–H and O–H groups in total. The Morgan fingerprint density at radius 1 is 0.897 bits per heavy atom. The number of hydrogen-bond acceptors (Lipinski definition) is 0. The first-order valence-electron chi connectivity index (χ1n) is 9.69. The molecule has 0 bridgehead atoms. The first-order chi connectivity index (χ1) is 13.3. The molecule has 0 saturated carbocycles. The summed E-state index contributed by atoms with van der Waals surface area (Å²) < 4.78 is 0. The van der Waals surface area contributed by atoms with E-state index in [2.05, 4.69) is 71.9 Å². The van der Waals surface area contributed by atoms with Gasteiger partial charge in [0.05, 0.1) is 0 Å². The predicted molar refractivity (Wildman–Crippen MR) is 130 cm³/mol. The van der Waals surface area contributed by atoms with E-state index in [1.54, 1.807) is 42.3 Å². The van der Waals surface area contributed by atoms with E-state index in [0.29, 0.717) is 5.92 Å². The molecule has 2 aliphatic carbocycles. The van der Waals surface area contributed by atoms with Crippen LogP contribution in [0.25, 0.3) is 16.0 Å². The minimum absolute atomic E-state index is 0. The summed E-state index contributed by atoms with van der Waals surface area (Å²) in [6, 6.07) is 8.79. The second-order valence-electron chi connectivity index (χ2n) is 6.89. The van der Waals surface area contributed by atoms with Crippen LogP contribution in [0.3, 0.4) is 0 Å². The number of nitrogens with zero attached hydrogens (tertiary/aromatic N) is 3.